The molecule has 3 aromatic rings. The van der Waals surface area contributed by atoms with Crippen LogP contribution in [0.1, 0.15) is 21.7 Å². The average Bonchev–Trinajstić information content (AvgIpc) is 3.44. The molecule has 8 nitrogen and oxygen atoms in total. The molecule has 1 aliphatic heterocycles. The summed E-state index contributed by atoms with van der Waals surface area (Å²) in [5.74, 6) is 1.12. The predicted octanol–water partition coefficient (Wildman–Crippen LogP) is 2.98. The quantitative estimate of drug-likeness (QED) is 0.510. The van der Waals surface area contributed by atoms with Gasteiger partial charge in [0.25, 0.3) is 5.91 Å². The molecule has 35 heavy (non-hydrogen) atoms. The Balaban J connectivity index is 1.38. The standard InChI is InChI=1S/C27H31N3O5/c1-33-23-11-10-21(18-25(23)34-2)19-29-12-14-30(15-13-29)27(32)22(17-20-7-4-3-5-8-20)28-26(31)24-9-6-16-35-24/h3-11,16,18,22H,12-15,17,19H2,1-2H3,(H,28,31)/t22-/m1/s1. The summed E-state index contributed by atoms with van der Waals surface area (Å²) in [5, 5.41) is 2.88. The number of carbonyl (C=O) groups excluding carboxylic acids is 2. The number of ether oxygens (including phenoxy) is 2. The van der Waals surface area contributed by atoms with Crippen molar-refractivity contribution in [3.8, 4) is 11.5 Å². The van der Waals surface area contributed by atoms with Gasteiger partial charge in [0.05, 0.1) is 20.5 Å². The second-order valence-corrected chi connectivity index (χ2v) is 8.48. The number of methoxy groups -OCH3 is 2. The lowest BCUT2D eigenvalue weighted by Gasteiger charge is -2.36. The van der Waals surface area contributed by atoms with Crippen LogP contribution in [0.5, 0.6) is 11.5 Å². The molecule has 1 fully saturated rings. The molecule has 0 bridgehead atoms. The first-order chi connectivity index (χ1) is 17.1. The fourth-order valence-corrected chi connectivity index (χ4v) is 4.27. The maximum Gasteiger partial charge on any atom is 0.287 e. The summed E-state index contributed by atoms with van der Waals surface area (Å²) < 4.78 is 15.9. The summed E-state index contributed by atoms with van der Waals surface area (Å²) in [6.07, 6.45) is 1.86. The number of amides is 2. The lowest BCUT2D eigenvalue weighted by atomic mass is 10.0. The van der Waals surface area contributed by atoms with Crippen LogP contribution >= 0.6 is 0 Å². The first kappa shape index (κ1) is 24.3. The molecule has 2 heterocycles. The number of furan rings is 1. The van der Waals surface area contributed by atoms with Gasteiger partial charge in [-0.2, -0.15) is 0 Å². The molecule has 184 valence electrons. The van der Waals surface area contributed by atoms with Gasteiger partial charge in [-0.15, -0.1) is 0 Å². The molecule has 0 saturated carbocycles. The van der Waals surface area contributed by atoms with Crippen LogP contribution in [0.15, 0.2) is 71.3 Å². The highest BCUT2D eigenvalue weighted by Crippen LogP contribution is 2.28. The summed E-state index contributed by atoms with van der Waals surface area (Å²) in [6, 6.07) is 18.2. The van der Waals surface area contributed by atoms with Crippen molar-refractivity contribution in [2.75, 3.05) is 40.4 Å². The van der Waals surface area contributed by atoms with E-state index in [9.17, 15) is 9.59 Å². The highest BCUT2D eigenvalue weighted by atomic mass is 16.5. The zero-order valence-electron chi connectivity index (χ0n) is 20.1. The summed E-state index contributed by atoms with van der Waals surface area (Å²) in [7, 11) is 3.25. The number of nitrogens with one attached hydrogen (secondary N) is 1. The second kappa shape index (κ2) is 11.6. The monoisotopic (exact) mass is 477 g/mol. The van der Waals surface area contributed by atoms with Gasteiger partial charge in [0.15, 0.2) is 17.3 Å². The summed E-state index contributed by atoms with van der Waals surface area (Å²) >= 11 is 0. The Morgan fingerprint density at radius 2 is 1.66 bits per heavy atom. The molecule has 1 saturated heterocycles. The Kier molecular flexibility index (Phi) is 8.05. The minimum Gasteiger partial charge on any atom is -0.493 e. The third-order valence-electron chi connectivity index (χ3n) is 6.17. The largest absolute Gasteiger partial charge is 0.493 e. The highest BCUT2D eigenvalue weighted by molar-refractivity contribution is 5.95. The highest BCUT2D eigenvalue weighted by Gasteiger charge is 2.29. The molecule has 2 aromatic carbocycles. The van der Waals surface area contributed by atoms with Crippen LogP contribution in [-0.2, 0) is 17.8 Å². The number of rotatable bonds is 9. The molecule has 1 N–H and O–H groups in total. The fraction of sp³-hybridized carbons (Fsp3) is 0.333. The van der Waals surface area contributed by atoms with Crippen LogP contribution in [0.2, 0.25) is 0 Å². The van der Waals surface area contributed by atoms with E-state index in [1.807, 2.05) is 53.4 Å². The third kappa shape index (κ3) is 6.22. The molecule has 0 unspecified atom stereocenters. The summed E-state index contributed by atoms with van der Waals surface area (Å²) in [6.45, 7) is 3.42. The lowest BCUT2D eigenvalue weighted by molar-refractivity contribution is -0.135. The maximum atomic E-state index is 13.5. The zero-order valence-corrected chi connectivity index (χ0v) is 20.1. The van der Waals surface area contributed by atoms with Crippen LogP contribution in [0.25, 0.3) is 0 Å². The number of piperazine rings is 1. The van der Waals surface area contributed by atoms with Crippen LogP contribution in [-0.4, -0.2) is 68.1 Å². The molecule has 1 atom stereocenters. The molecule has 0 spiro atoms. The smallest absolute Gasteiger partial charge is 0.287 e. The van der Waals surface area contributed by atoms with Gasteiger partial charge in [-0.05, 0) is 35.4 Å². The fourth-order valence-electron chi connectivity index (χ4n) is 4.27. The second-order valence-electron chi connectivity index (χ2n) is 8.48. The molecule has 0 aliphatic carbocycles. The van der Waals surface area contributed by atoms with Gasteiger partial charge in [-0.1, -0.05) is 36.4 Å². The normalized spacial score (nSPS) is 14.9. The van der Waals surface area contributed by atoms with Crippen molar-refractivity contribution in [3.63, 3.8) is 0 Å². The van der Waals surface area contributed by atoms with Crippen LogP contribution in [0.4, 0.5) is 0 Å². The Morgan fingerprint density at radius 3 is 2.31 bits per heavy atom. The van der Waals surface area contributed by atoms with Crippen LogP contribution in [0, 0.1) is 0 Å². The van der Waals surface area contributed by atoms with E-state index in [4.69, 9.17) is 13.9 Å². The molecule has 1 aliphatic rings. The van der Waals surface area contributed by atoms with Crippen molar-refractivity contribution in [1.82, 2.24) is 15.1 Å². The van der Waals surface area contributed by atoms with E-state index < -0.39 is 11.9 Å². The third-order valence-corrected chi connectivity index (χ3v) is 6.17. The van der Waals surface area contributed by atoms with E-state index in [0.29, 0.717) is 31.0 Å². The van der Waals surface area contributed by atoms with Crippen molar-refractivity contribution in [1.29, 1.82) is 0 Å². The zero-order chi connectivity index (χ0) is 24.6. The van der Waals surface area contributed by atoms with E-state index in [1.54, 1.807) is 26.4 Å². The number of nitrogens with zero attached hydrogens (tertiary/aromatic N) is 2. The number of benzene rings is 2. The van der Waals surface area contributed by atoms with Crippen molar-refractivity contribution in [2.45, 2.75) is 19.0 Å². The van der Waals surface area contributed by atoms with Gasteiger partial charge in [-0.3, -0.25) is 14.5 Å². The first-order valence-corrected chi connectivity index (χ1v) is 11.7. The Labute approximate surface area is 205 Å². The predicted molar refractivity (Wildman–Crippen MR) is 132 cm³/mol. The Morgan fingerprint density at radius 1 is 0.914 bits per heavy atom. The average molecular weight is 478 g/mol. The van der Waals surface area contributed by atoms with E-state index in [-0.39, 0.29) is 11.7 Å². The van der Waals surface area contributed by atoms with Gasteiger partial charge in [0.1, 0.15) is 6.04 Å². The minimum atomic E-state index is -0.674. The van der Waals surface area contributed by atoms with E-state index in [0.717, 1.165) is 30.8 Å². The van der Waals surface area contributed by atoms with E-state index in [1.165, 1.54) is 6.26 Å². The number of carbonyl (C=O) groups is 2. The van der Waals surface area contributed by atoms with Crippen molar-refractivity contribution in [2.24, 2.45) is 0 Å². The van der Waals surface area contributed by atoms with Crippen molar-refractivity contribution < 1.29 is 23.5 Å². The molecule has 0 radical (unpaired) electrons. The van der Waals surface area contributed by atoms with Gasteiger partial charge in [-0.25, -0.2) is 0 Å². The van der Waals surface area contributed by atoms with Crippen LogP contribution in [0.3, 0.4) is 0 Å². The maximum absolute atomic E-state index is 13.5. The first-order valence-electron chi connectivity index (χ1n) is 11.7. The summed E-state index contributed by atoms with van der Waals surface area (Å²) in [5.41, 5.74) is 2.10. The lowest BCUT2D eigenvalue weighted by Crippen LogP contribution is -2.55. The number of hydrogen-bond acceptors (Lipinski definition) is 6. The van der Waals surface area contributed by atoms with E-state index >= 15 is 0 Å². The van der Waals surface area contributed by atoms with E-state index in [2.05, 4.69) is 10.2 Å². The summed E-state index contributed by atoms with van der Waals surface area (Å²) in [4.78, 5) is 30.2. The van der Waals surface area contributed by atoms with Gasteiger partial charge >= 0.3 is 0 Å². The molecule has 2 amide bonds. The SMILES string of the molecule is COc1ccc(CN2CCN(C(=O)[C@@H](Cc3ccccc3)NC(=O)c3ccco3)CC2)cc1OC. The van der Waals surface area contributed by atoms with Crippen molar-refractivity contribution >= 4 is 11.8 Å². The molecule has 4 rings (SSSR count). The molecular weight excluding hydrogens is 446 g/mol. The van der Waals surface area contributed by atoms with Gasteiger partial charge in [0.2, 0.25) is 5.91 Å². The molecule has 1 aromatic heterocycles. The Bertz CT molecular complexity index is 1110. The molecular formula is C27H31N3O5. The number of hydrogen-bond donors (Lipinski definition) is 1. The van der Waals surface area contributed by atoms with Gasteiger partial charge < -0.3 is 24.1 Å². The van der Waals surface area contributed by atoms with Crippen molar-refractivity contribution in [3.05, 3.63) is 83.8 Å². The van der Waals surface area contributed by atoms with Crippen LogP contribution < -0.4 is 14.8 Å². The molecule has 8 heteroatoms. The minimum absolute atomic E-state index is 0.0838. The Hall–Kier alpha value is -3.78. The topological polar surface area (TPSA) is 84.3 Å². The van der Waals surface area contributed by atoms with Gasteiger partial charge in [0, 0.05) is 39.1 Å².